The first-order valence-electron chi connectivity index (χ1n) is 18.4. The minimum absolute atomic E-state index is 0.121. The van der Waals surface area contributed by atoms with Gasteiger partial charge in [-0.2, -0.15) is 5.26 Å². The second kappa shape index (κ2) is 17.5. The average Bonchev–Trinajstić information content (AvgIpc) is 3.44. The van der Waals surface area contributed by atoms with Crippen molar-refractivity contribution in [1.82, 2.24) is 0 Å². The van der Waals surface area contributed by atoms with Gasteiger partial charge in [0.1, 0.15) is 5.84 Å². The van der Waals surface area contributed by atoms with Gasteiger partial charge in [0, 0.05) is 17.5 Å². The maximum absolute atomic E-state index is 9.37. The third-order valence-corrected chi connectivity index (χ3v) is 9.86. The number of aryl methyl sites for hydroxylation is 1. The molecule has 0 aliphatic heterocycles. The Morgan fingerprint density at radius 3 is 1.75 bits per heavy atom. The van der Waals surface area contributed by atoms with E-state index >= 15 is 0 Å². The summed E-state index contributed by atoms with van der Waals surface area (Å²) >= 11 is 0. The first kappa shape index (κ1) is 38.2. The van der Waals surface area contributed by atoms with Crippen LogP contribution in [0.5, 0.6) is 0 Å². The van der Waals surface area contributed by atoms with Crippen LogP contribution in [0.15, 0.2) is 145 Å². The molecule has 2 aliphatic carbocycles. The lowest BCUT2D eigenvalue weighted by Gasteiger charge is -2.22. The minimum Gasteiger partial charge on any atom is -0.384 e. The maximum atomic E-state index is 9.37. The summed E-state index contributed by atoms with van der Waals surface area (Å²) in [6.45, 7) is 11.4. The third kappa shape index (κ3) is 8.90. The summed E-state index contributed by atoms with van der Waals surface area (Å²) in [4.78, 5) is 0. The molecule has 8 rings (SSSR count). The fraction of sp³-hybridized carbons (Fsp3) is 0.184. The Morgan fingerprint density at radius 2 is 1.21 bits per heavy atom. The Bertz CT molecular complexity index is 2240. The molecular weight excluding hydrogens is 645 g/mol. The van der Waals surface area contributed by atoms with Gasteiger partial charge in [-0.05, 0) is 105 Å². The minimum atomic E-state index is -0.123. The highest BCUT2D eigenvalue weighted by Gasteiger charge is 2.35. The Hall–Kier alpha value is -6.02. The van der Waals surface area contributed by atoms with E-state index in [0.717, 1.165) is 17.5 Å². The molecule has 0 spiro atoms. The molecule has 53 heavy (non-hydrogen) atoms. The van der Waals surface area contributed by atoms with Gasteiger partial charge in [0.2, 0.25) is 0 Å². The Morgan fingerprint density at radius 1 is 0.679 bits per heavy atom. The maximum Gasteiger partial charge on any atom is 0.122 e. The Labute approximate surface area is 316 Å². The van der Waals surface area contributed by atoms with E-state index in [1.165, 1.54) is 73.2 Å². The van der Waals surface area contributed by atoms with Crippen LogP contribution in [-0.2, 0) is 18.4 Å². The smallest absolute Gasteiger partial charge is 0.122 e. The van der Waals surface area contributed by atoms with Crippen LogP contribution >= 0.6 is 0 Å². The van der Waals surface area contributed by atoms with Crippen molar-refractivity contribution in [2.24, 2.45) is 11.5 Å². The molecular formula is C49H50N4. The van der Waals surface area contributed by atoms with Gasteiger partial charge in [-0.1, -0.05) is 155 Å². The summed E-state index contributed by atoms with van der Waals surface area (Å²) in [5.74, 6) is 0.121. The number of nitrogen functional groups attached to an aromatic ring is 1. The Balaban J connectivity index is 0.000000233. The standard InChI is InChI=1S/C33H27N.C7H8N2.C7H9N.C2H6/c1-21-4-6-25-11-12-26(18-28(25)16-21)23-7-9-24(10-8-23)27-13-15-30-29-14-5-22(20-34)17-31(29)33(2,3)32(30)19-27;8-7(9)6-4-2-1-3-5-6;8-6-7-4-2-1-3-5-7;1-2/h5,7-19H,4,6H2,1-3H3;1-5H,(H3,8,9);1-5H,6,8H2;1-2H3. The van der Waals surface area contributed by atoms with Crippen molar-refractivity contribution < 1.29 is 0 Å². The van der Waals surface area contributed by atoms with E-state index in [1.54, 1.807) is 0 Å². The molecule has 0 saturated heterocycles. The topological polar surface area (TPSA) is 99.7 Å². The van der Waals surface area contributed by atoms with Crippen LogP contribution in [0.2, 0.25) is 0 Å². The SMILES string of the molecule is CC.CC1=Cc2cc(-c3ccc(-c4ccc5c(c4)C(C)(C)c4cc(C#N)ccc4-5)cc3)ccc2CC1.N=C(N)c1ccccc1.NCc1ccccc1. The van der Waals surface area contributed by atoms with Crippen molar-refractivity contribution in [3.05, 3.63) is 184 Å². The number of rotatable bonds is 4. The molecule has 4 nitrogen and oxygen atoms in total. The number of hydrogen-bond acceptors (Lipinski definition) is 3. The molecule has 0 radical (unpaired) electrons. The summed E-state index contributed by atoms with van der Waals surface area (Å²) in [7, 11) is 0. The quantitative estimate of drug-likeness (QED) is 0.126. The number of benzene rings is 6. The van der Waals surface area contributed by atoms with Crippen molar-refractivity contribution in [2.45, 2.75) is 59.4 Å². The second-order valence-corrected chi connectivity index (χ2v) is 13.7. The van der Waals surface area contributed by atoms with E-state index in [1.807, 2.05) is 80.6 Å². The molecule has 4 heteroatoms. The van der Waals surface area contributed by atoms with Gasteiger partial charge in [0.05, 0.1) is 11.6 Å². The number of hydrogen-bond donors (Lipinski definition) is 3. The van der Waals surface area contributed by atoms with E-state index in [0.29, 0.717) is 6.54 Å². The lowest BCUT2D eigenvalue weighted by Crippen LogP contribution is -2.15. The van der Waals surface area contributed by atoms with E-state index in [2.05, 4.69) is 106 Å². The molecule has 0 saturated carbocycles. The van der Waals surface area contributed by atoms with Crippen molar-refractivity contribution in [3.8, 4) is 39.4 Å². The first-order chi connectivity index (χ1) is 25.7. The zero-order valence-electron chi connectivity index (χ0n) is 31.6. The molecule has 6 aromatic rings. The summed E-state index contributed by atoms with van der Waals surface area (Å²) in [6.07, 6.45) is 4.65. The fourth-order valence-electron chi connectivity index (χ4n) is 6.88. The molecule has 0 heterocycles. The van der Waals surface area contributed by atoms with Crippen LogP contribution in [0.4, 0.5) is 0 Å². The second-order valence-electron chi connectivity index (χ2n) is 13.7. The number of fused-ring (bicyclic) bond motifs is 4. The van der Waals surface area contributed by atoms with Crippen molar-refractivity contribution in [3.63, 3.8) is 0 Å². The van der Waals surface area contributed by atoms with Crippen LogP contribution in [0.25, 0.3) is 39.5 Å². The predicted octanol–water partition coefficient (Wildman–Crippen LogP) is 11.7. The van der Waals surface area contributed by atoms with Gasteiger partial charge < -0.3 is 11.5 Å². The van der Waals surface area contributed by atoms with Crippen LogP contribution in [0.1, 0.15) is 80.0 Å². The monoisotopic (exact) mass is 694 g/mol. The molecule has 0 atom stereocenters. The Kier molecular flexibility index (Phi) is 12.6. The number of nitrogens with two attached hydrogens (primary N) is 2. The molecule has 0 unspecified atom stereocenters. The lowest BCUT2D eigenvalue weighted by atomic mass is 9.81. The molecule has 2 aliphatic rings. The lowest BCUT2D eigenvalue weighted by molar-refractivity contribution is 0.660. The van der Waals surface area contributed by atoms with Gasteiger partial charge in [-0.25, -0.2) is 0 Å². The normalized spacial score (nSPS) is 12.7. The van der Waals surface area contributed by atoms with Gasteiger partial charge in [0.25, 0.3) is 0 Å². The summed E-state index contributed by atoms with van der Waals surface area (Å²) in [5.41, 5.74) is 27.5. The van der Waals surface area contributed by atoms with E-state index in [-0.39, 0.29) is 11.3 Å². The van der Waals surface area contributed by atoms with Crippen LogP contribution in [0.3, 0.4) is 0 Å². The van der Waals surface area contributed by atoms with Crippen LogP contribution in [0, 0.1) is 16.7 Å². The number of nitriles is 1. The van der Waals surface area contributed by atoms with Crippen molar-refractivity contribution in [1.29, 1.82) is 10.7 Å². The van der Waals surface area contributed by atoms with E-state index < -0.39 is 0 Å². The van der Waals surface area contributed by atoms with Gasteiger partial charge in [-0.15, -0.1) is 0 Å². The zero-order valence-corrected chi connectivity index (χ0v) is 31.6. The van der Waals surface area contributed by atoms with Gasteiger partial charge in [-0.3, -0.25) is 5.41 Å². The highest BCUT2D eigenvalue weighted by Crippen LogP contribution is 2.50. The average molecular weight is 695 g/mol. The summed E-state index contributed by atoms with van der Waals surface area (Å²) in [6, 6.07) is 50.2. The van der Waals surface area contributed by atoms with E-state index in [4.69, 9.17) is 16.9 Å². The van der Waals surface area contributed by atoms with Crippen LogP contribution in [-0.4, -0.2) is 5.84 Å². The highest BCUT2D eigenvalue weighted by atomic mass is 14.7. The highest BCUT2D eigenvalue weighted by molar-refractivity contribution is 5.94. The van der Waals surface area contributed by atoms with Crippen molar-refractivity contribution in [2.75, 3.05) is 0 Å². The largest absolute Gasteiger partial charge is 0.384 e. The number of allylic oxidation sites excluding steroid dienone is 1. The van der Waals surface area contributed by atoms with Crippen LogP contribution < -0.4 is 11.5 Å². The van der Waals surface area contributed by atoms with Gasteiger partial charge >= 0.3 is 0 Å². The summed E-state index contributed by atoms with van der Waals surface area (Å²) < 4.78 is 0. The summed E-state index contributed by atoms with van der Waals surface area (Å²) in [5, 5.41) is 16.4. The molecule has 0 aromatic heterocycles. The molecule has 0 amide bonds. The molecule has 5 N–H and O–H groups in total. The number of nitrogens with zero attached hydrogens (tertiary/aromatic N) is 1. The molecule has 266 valence electrons. The van der Waals surface area contributed by atoms with Gasteiger partial charge in [0.15, 0.2) is 0 Å². The third-order valence-electron chi connectivity index (χ3n) is 9.86. The molecule has 0 bridgehead atoms. The first-order valence-corrected chi connectivity index (χ1v) is 18.4. The zero-order chi connectivity index (χ0) is 38.0. The number of nitrogens with one attached hydrogen (secondary N) is 1. The molecule has 6 aromatic carbocycles. The van der Waals surface area contributed by atoms with Crippen molar-refractivity contribution >= 4 is 11.9 Å². The molecule has 0 fully saturated rings. The van der Waals surface area contributed by atoms with E-state index in [9.17, 15) is 5.26 Å². The fourth-order valence-corrected chi connectivity index (χ4v) is 6.88. The number of amidine groups is 1. The predicted molar refractivity (Wildman–Crippen MR) is 225 cm³/mol.